The van der Waals surface area contributed by atoms with Gasteiger partial charge in [0.1, 0.15) is 18.3 Å². The lowest BCUT2D eigenvalue weighted by Crippen LogP contribution is -2.52. The first-order chi connectivity index (χ1) is 15.8. The van der Waals surface area contributed by atoms with E-state index in [1.807, 2.05) is 0 Å². The van der Waals surface area contributed by atoms with E-state index in [0.29, 0.717) is 21.7 Å². The number of rotatable bonds is 10. The van der Waals surface area contributed by atoms with E-state index in [2.05, 4.69) is 5.32 Å². The molecule has 0 unspecified atom stereocenters. The summed E-state index contributed by atoms with van der Waals surface area (Å²) in [6, 6.07) is 8.28. The normalized spacial score (nSPS) is 12.2. The molecular weight excluding hydrogens is 468 g/mol. The predicted octanol–water partition coefficient (Wildman–Crippen LogP) is 2.68. The Bertz CT molecular complexity index is 1140. The minimum Gasteiger partial charge on any atom is -0.497 e. The fourth-order valence-electron chi connectivity index (χ4n) is 3.21. The van der Waals surface area contributed by atoms with Gasteiger partial charge in [0.15, 0.2) is 11.6 Å². The van der Waals surface area contributed by atoms with Gasteiger partial charge in [-0.2, -0.15) is 0 Å². The molecule has 34 heavy (non-hydrogen) atoms. The molecule has 0 radical (unpaired) electrons. The van der Waals surface area contributed by atoms with Crippen molar-refractivity contribution in [2.45, 2.75) is 39.4 Å². The molecule has 0 aliphatic rings. The molecular formula is C23H29F2N3O5S. The van der Waals surface area contributed by atoms with Gasteiger partial charge in [-0.25, -0.2) is 17.2 Å². The molecule has 0 spiro atoms. The molecule has 0 aliphatic heterocycles. The van der Waals surface area contributed by atoms with Crippen LogP contribution in [0.4, 0.5) is 14.5 Å². The Morgan fingerprint density at radius 3 is 2.29 bits per heavy atom. The molecule has 0 saturated carbocycles. The van der Waals surface area contributed by atoms with Crippen LogP contribution < -0.4 is 14.4 Å². The third-order valence-electron chi connectivity index (χ3n) is 4.96. The van der Waals surface area contributed by atoms with Gasteiger partial charge in [0.2, 0.25) is 21.8 Å². The molecule has 1 N–H and O–H groups in total. The van der Waals surface area contributed by atoms with Gasteiger partial charge in [0, 0.05) is 18.7 Å². The number of carbonyl (C=O) groups is 2. The van der Waals surface area contributed by atoms with Crippen LogP contribution in [0.5, 0.6) is 5.75 Å². The van der Waals surface area contributed by atoms with E-state index < -0.39 is 46.1 Å². The van der Waals surface area contributed by atoms with Crippen molar-refractivity contribution in [2.24, 2.45) is 0 Å². The number of benzene rings is 2. The van der Waals surface area contributed by atoms with E-state index in [0.717, 1.165) is 18.4 Å². The summed E-state index contributed by atoms with van der Waals surface area (Å²) in [6.07, 6.45) is 0.850. The molecule has 186 valence electrons. The Morgan fingerprint density at radius 2 is 1.74 bits per heavy atom. The molecule has 2 rings (SSSR count). The number of halogens is 2. The summed E-state index contributed by atoms with van der Waals surface area (Å²) in [5, 5.41) is 2.73. The summed E-state index contributed by atoms with van der Waals surface area (Å²) >= 11 is 0. The zero-order valence-corrected chi connectivity index (χ0v) is 20.5. The largest absolute Gasteiger partial charge is 0.497 e. The van der Waals surface area contributed by atoms with Crippen molar-refractivity contribution in [3.63, 3.8) is 0 Å². The van der Waals surface area contributed by atoms with Gasteiger partial charge in [0.25, 0.3) is 0 Å². The van der Waals surface area contributed by atoms with E-state index in [4.69, 9.17) is 4.74 Å². The number of carbonyl (C=O) groups excluding carboxylic acids is 2. The minimum atomic E-state index is -4.05. The zero-order chi connectivity index (χ0) is 25.6. The summed E-state index contributed by atoms with van der Waals surface area (Å²) in [7, 11) is -2.56. The second-order valence-corrected chi connectivity index (χ2v) is 9.99. The highest BCUT2D eigenvalue weighted by Crippen LogP contribution is 2.22. The van der Waals surface area contributed by atoms with E-state index in [9.17, 15) is 26.8 Å². The summed E-state index contributed by atoms with van der Waals surface area (Å²) in [6.45, 7) is 4.34. The van der Waals surface area contributed by atoms with Gasteiger partial charge in [-0.3, -0.25) is 13.9 Å². The number of amides is 2. The predicted molar refractivity (Wildman–Crippen MR) is 125 cm³/mol. The highest BCUT2D eigenvalue weighted by molar-refractivity contribution is 7.92. The van der Waals surface area contributed by atoms with E-state index in [-0.39, 0.29) is 18.3 Å². The molecule has 2 aromatic carbocycles. The molecule has 2 amide bonds. The lowest BCUT2D eigenvalue weighted by molar-refractivity contribution is -0.139. The van der Waals surface area contributed by atoms with Crippen LogP contribution in [-0.4, -0.2) is 57.1 Å². The van der Waals surface area contributed by atoms with Crippen LogP contribution in [0, 0.1) is 11.6 Å². The standard InChI is InChI=1S/C23H29F2N3O5S/c1-15(2)26-23(30)16(3)27(13-17-7-6-8-19(11-17)33-4)22(29)14-28(34(5,31)32)18-9-10-20(24)21(25)12-18/h6-12,15-16H,13-14H2,1-5H3,(H,26,30)/t16-/m1/s1. The quantitative estimate of drug-likeness (QED) is 0.545. The highest BCUT2D eigenvalue weighted by Gasteiger charge is 2.30. The number of nitrogens with one attached hydrogen (secondary N) is 1. The van der Waals surface area contributed by atoms with Crippen molar-refractivity contribution in [2.75, 3.05) is 24.2 Å². The number of nitrogens with zero attached hydrogens (tertiary/aromatic N) is 2. The molecule has 1 atom stereocenters. The van der Waals surface area contributed by atoms with Gasteiger partial charge in [0.05, 0.1) is 19.1 Å². The van der Waals surface area contributed by atoms with Crippen LogP contribution >= 0.6 is 0 Å². The molecule has 0 aromatic heterocycles. The molecule has 0 bridgehead atoms. The first-order valence-electron chi connectivity index (χ1n) is 10.5. The molecule has 0 saturated heterocycles. The highest BCUT2D eigenvalue weighted by atomic mass is 32.2. The van der Waals surface area contributed by atoms with Gasteiger partial charge in [-0.1, -0.05) is 12.1 Å². The summed E-state index contributed by atoms with van der Waals surface area (Å²) in [5.41, 5.74) is 0.436. The molecule has 0 aliphatic carbocycles. The smallest absolute Gasteiger partial charge is 0.244 e. The van der Waals surface area contributed by atoms with Crippen molar-refractivity contribution >= 4 is 27.5 Å². The number of hydrogen-bond donors (Lipinski definition) is 1. The van der Waals surface area contributed by atoms with Gasteiger partial charge in [-0.15, -0.1) is 0 Å². The van der Waals surface area contributed by atoms with Crippen LogP contribution in [0.1, 0.15) is 26.3 Å². The lowest BCUT2D eigenvalue weighted by atomic mass is 10.1. The first kappa shape index (κ1) is 27.0. The van der Waals surface area contributed by atoms with Crippen molar-refractivity contribution in [3.05, 3.63) is 59.7 Å². The Hall–Kier alpha value is -3.21. The van der Waals surface area contributed by atoms with Crippen LogP contribution in [0.15, 0.2) is 42.5 Å². The maximum Gasteiger partial charge on any atom is 0.244 e. The molecule has 0 fully saturated rings. The minimum absolute atomic E-state index is 0.0158. The third kappa shape index (κ3) is 7.14. The summed E-state index contributed by atoms with van der Waals surface area (Å²) in [5.74, 6) is -2.99. The molecule has 11 heteroatoms. The van der Waals surface area contributed by atoms with Gasteiger partial charge < -0.3 is 15.0 Å². The number of hydrogen-bond acceptors (Lipinski definition) is 5. The number of sulfonamides is 1. The molecule has 2 aromatic rings. The number of ether oxygens (including phenoxy) is 1. The lowest BCUT2D eigenvalue weighted by Gasteiger charge is -2.32. The van der Waals surface area contributed by atoms with Crippen molar-refractivity contribution in [1.29, 1.82) is 0 Å². The van der Waals surface area contributed by atoms with Crippen molar-refractivity contribution in [1.82, 2.24) is 10.2 Å². The first-order valence-corrected chi connectivity index (χ1v) is 12.3. The average Bonchev–Trinajstić information content (AvgIpc) is 2.76. The van der Waals surface area contributed by atoms with Crippen LogP contribution in [0.3, 0.4) is 0 Å². The van der Waals surface area contributed by atoms with E-state index >= 15 is 0 Å². The SMILES string of the molecule is COc1cccc(CN(C(=O)CN(c2ccc(F)c(F)c2)S(C)(=O)=O)[C@H](C)C(=O)NC(C)C)c1. The van der Waals surface area contributed by atoms with Crippen molar-refractivity contribution < 1.29 is 31.5 Å². The Labute approximate surface area is 198 Å². The van der Waals surface area contributed by atoms with Gasteiger partial charge >= 0.3 is 0 Å². The topological polar surface area (TPSA) is 96.0 Å². The summed E-state index contributed by atoms with van der Waals surface area (Å²) in [4.78, 5) is 27.3. The maximum atomic E-state index is 13.8. The average molecular weight is 498 g/mol. The fourth-order valence-corrected chi connectivity index (χ4v) is 4.05. The monoisotopic (exact) mass is 497 g/mol. The van der Waals surface area contributed by atoms with Gasteiger partial charge in [-0.05, 0) is 50.6 Å². The molecule has 0 heterocycles. The maximum absolute atomic E-state index is 13.8. The zero-order valence-electron chi connectivity index (χ0n) is 19.7. The third-order valence-corrected chi connectivity index (χ3v) is 6.10. The fraction of sp³-hybridized carbons (Fsp3) is 0.391. The number of anilines is 1. The van der Waals surface area contributed by atoms with Crippen LogP contribution in [0.25, 0.3) is 0 Å². The van der Waals surface area contributed by atoms with E-state index in [1.165, 1.54) is 18.9 Å². The van der Waals surface area contributed by atoms with Crippen LogP contribution in [-0.2, 0) is 26.2 Å². The van der Waals surface area contributed by atoms with Crippen LogP contribution in [0.2, 0.25) is 0 Å². The van der Waals surface area contributed by atoms with Crippen molar-refractivity contribution in [3.8, 4) is 5.75 Å². The summed E-state index contributed by atoms with van der Waals surface area (Å²) < 4.78 is 57.9. The Morgan fingerprint density at radius 1 is 1.06 bits per heavy atom. The molecule has 8 nitrogen and oxygen atoms in total. The Kier molecular flexibility index (Phi) is 8.97. The second-order valence-electron chi connectivity index (χ2n) is 8.08. The second kappa shape index (κ2) is 11.3. The number of methoxy groups -OCH3 is 1. The van der Waals surface area contributed by atoms with E-state index in [1.54, 1.807) is 38.1 Å². The Balaban J connectivity index is 2.42.